The topological polar surface area (TPSA) is 74.5 Å². The highest BCUT2D eigenvalue weighted by Gasteiger charge is 2.12. The highest BCUT2D eigenvalue weighted by atomic mass is 19.1. The predicted molar refractivity (Wildman–Crippen MR) is 84.9 cm³/mol. The quantitative estimate of drug-likeness (QED) is 0.686. The zero-order valence-corrected chi connectivity index (χ0v) is 13.2. The number of rotatable bonds is 7. The van der Waals surface area contributed by atoms with E-state index in [2.05, 4.69) is 10.6 Å². The summed E-state index contributed by atoms with van der Waals surface area (Å²) in [6, 6.07) is 6.01. The summed E-state index contributed by atoms with van der Waals surface area (Å²) in [4.78, 5) is 11.8. The standard InChI is InChI=1S/C17H21FN2O3/c1-11-6-9-23-16(11)17(22)20-8-3-7-19-12(2)13-4-5-14(18)15(21)10-13/h4-6,9-10,12,19,21H,3,7-8H2,1-2H3,(H,20,22). The Balaban J connectivity index is 1.70. The van der Waals surface area contributed by atoms with Crippen molar-refractivity contribution in [2.75, 3.05) is 13.1 Å². The van der Waals surface area contributed by atoms with E-state index in [0.29, 0.717) is 18.8 Å². The van der Waals surface area contributed by atoms with Crippen molar-refractivity contribution >= 4 is 5.91 Å². The molecule has 23 heavy (non-hydrogen) atoms. The molecule has 2 rings (SSSR count). The van der Waals surface area contributed by atoms with Gasteiger partial charge in [-0.25, -0.2) is 4.39 Å². The van der Waals surface area contributed by atoms with E-state index in [1.54, 1.807) is 12.1 Å². The van der Waals surface area contributed by atoms with E-state index in [1.807, 2.05) is 13.8 Å². The number of hydrogen-bond acceptors (Lipinski definition) is 4. The van der Waals surface area contributed by atoms with Gasteiger partial charge in [-0.1, -0.05) is 6.07 Å². The van der Waals surface area contributed by atoms with Crippen LogP contribution in [0.4, 0.5) is 4.39 Å². The first kappa shape index (κ1) is 17.0. The van der Waals surface area contributed by atoms with E-state index < -0.39 is 5.82 Å². The summed E-state index contributed by atoms with van der Waals surface area (Å²) in [5.41, 5.74) is 1.62. The van der Waals surface area contributed by atoms with Gasteiger partial charge in [0, 0.05) is 18.2 Å². The maximum absolute atomic E-state index is 13.0. The smallest absolute Gasteiger partial charge is 0.287 e. The lowest BCUT2D eigenvalue weighted by Gasteiger charge is -2.14. The molecule has 0 fully saturated rings. The maximum Gasteiger partial charge on any atom is 0.287 e. The molecule has 1 unspecified atom stereocenters. The van der Waals surface area contributed by atoms with E-state index in [-0.39, 0.29) is 17.7 Å². The summed E-state index contributed by atoms with van der Waals surface area (Å²) in [5, 5.41) is 15.4. The highest BCUT2D eigenvalue weighted by molar-refractivity contribution is 5.92. The van der Waals surface area contributed by atoms with Gasteiger partial charge in [0.2, 0.25) is 0 Å². The van der Waals surface area contributed by atoms with Crippen LogP contribution >= 0.6 is 0 Å². The Labute approximate surface area is 134 Å². The van der Waals surface area contributed by atoms with Gasteiger partial charge >= 0.3 is 0 Å². The third-order valence-electron chi connectivity index (χ3n) is 3.63. The molecular formula is C17H21FN2O3. The van der Waals surface area contributed by atoms with Gasteiger partial charge in [-0.2, -0.15) is 0 Å². The van der Waals surface area contributed by atoms with Crippen molar-refractivity contribution in [1.29, 1.82) is 0 Å². The predicted octanol–water partition coefficient (Wildman–Crippen LogP) is 2.90. The molecule has 3 N–H and O–H groups in total. The number of furan rings is 1. The van der Waals surface area contributed by atoms with Gasteiger partial charge < -0.3 is 20.2 Å². The lowest BCUT2D eigenvalue weighted by atomic mass is 10.1. The molecule has 6 heteroatoms. The second kappa shape index (κ2) is 7.78. The number of phenols is 1. The molecule has 0 radical (unpaired) electrons. The molecule has 0 bridgehead atoms. The lowest BCUT2D eigenvalue weighted by Crippen LogP contribution is -2.28. The lowest BCUT2D eigenvalue weighted by molar-refractivity contribution is 0.0924. The fourth-order valence-electron chi connectivity index (χ4n) is 2.21. The van der Waals surface area contributed by atoms with Crippen LogP contribution in [-0.2, 0) is 0 Å². The third-order valence-corrected chi connectivity index (χ3v) is 3.63. The number of amides is 1. The van der Waals surface area contributed by atoms with Crippen LogP contribution in [0.25, 0.3) is 0 Å². The monoisotopic (exact) mass is 320 g/mol. The molecule has 0 aliphatic heterocycles. The van der Waals surface area contributed by atoms with Crippen molar-refractivity contribution in [3.8, 4) is 5.75 Å². The van der Waals surface area contributed by atoms with Gasteiger partial charge in [0.1, 0.15) is 0 Å². The van der Waals surface area contributed by atoms with Crippen molar-refractivity contribution in [2.45, 2.75) is 26.3 Å². The second-order valence-corrected chi connectivity index (χ2v) is 5.43. The van der Waals surface area contributed by atoms with Crippen LogP contribution in [0.3, 0.4) is 0 Å². The molecule has 1 aromatic heterocycles. The Morgan fingerprint density at radius 2 is 2.13 bits per heavy atom. The van der Waals surface area contributed by atoms with Crippen LogP contribution in [0.5, 0.6) is 5.75 Å². The molecule has 0 aliphatic carbocycles. The average molecular weight is 320 g/mol. The molecule has 0 spiro atoms. The highest BCUT2D eigenvalue weighted by Crippen LogP contribution is 2.21. The Morgan fingerprint density at radius 1 is 1.35 bits per heavy atom. The van der Waals surface area contributed by atoms with Gasteiger partial charge in [-0.05, 0) is 50.6 Å². The van der Waals surface area contributed by atoms with Crippen LogP contribution in [0.15, 0.2) is 34.9 Å². The van der Waals surface area contributed by atoms with Crippen molar-refractivity contribution < 1.29 is 18.7 Å². The van der Waals surface area contributed by atoms with Gasteiger partial charge in [0.25, 0.3) is 5.91 Å². The molecule has 124 valence electrons. The Bertz CT molecular complexity index is 670. The Morgan fingerprint density at radius 3 is 2.78 bits per heavy atom. The summed E-state index contributed by atoms with van der Waals surface area (Å²) in [6.45, 7) is 4.95. The minimum absolute atomic E-state index is 0.0236. The molecule has 1 heterocycles. The Hall–Kier alpha value is -2.34. The summed E-state index contributed by atoms with van der Waals surface area (Å²) < 4.78 is 18.1. The van der Waals surface area contributed by atoms with E-state index in [4.69, 9.17) is 4.42 Å². The first-order valence-electron chi connectivity index (χ1n) is 7.53. The zero-order valence-electron chi connectivity index (χ0n) is 13.2. The first-order chi connectivity index (χ1) is 11.0. The van der Waals surface area contributed by atoms with Crippen LogP contribution in [-0.4, -0.2) is 24.1 Å². The Kier molecular flexibility index (Phi) is 5.76. The number of aromatic hydroxyl groups is 1. The fraction of sp³-hybridized carbons (Fsp3) is 0.353. The van der Waals surface area contributed by atoms with Crippen molar-refractivity contribution in [3.63, 3.8) is 0 Å². The zero-order chi connectivity index (χ0) is 16.8. The van der Waals surface area contributed by atoms with E-state index >= 15 is 0 Å². The van der Waals surface area contributed by atoms with Gasteiger partial charge in [-0.3, -0.25) is 4.79 Å². The van der Waals surface area contributed by atoms with Crippen molar-refractivity contribution in [3.05, 3.63) is 53.2 Å². The van der Waals surface area contributed by atoms with Gasteiger partial charge in [-0.15, -0.1) is 0 Å². The molecule has 1 atom stereocenters. The number of phenolic OH excluding ortho intramolecular Hbond substituents is 1. The maximum atomic E-state index is 13.0. The molecule has 1 amide bonds. The number of halogens is 1. The number of benzene rings is 1. The minimum atomic E-state index is -0.628. The van der Waals surface area contributed by atoms with E-state index in [0.717, 1.165) is 17.5 Å². The number of hydrogen-bond donors (Lipinski definition) is 3. The number of carbonyl (C=O) groups excluding carboxylic acids is 1. The average Bonchev–Trinajstić information content (AvgIpc) is 2.95. The van der Waals surface area contributed by atoms with Gasteiger partial charge in [0.15, 0.2) is 17.3 Å². The molecule has 0 saturated carbocycles. The molecule has 5 nitrogen and oxygen atoms in total. The molecular weight excluding hydrogens is 299 g/mol. The summed E-state index contributed by atoms with van der Waals surface area (Å²) in [6.07, 6.45) is 2.23. The summed E-state index contributed by atoms with van der Waals surface area (Å²) in [7, 11) is 0. The summed E-state index contributed by atoms with van der Waals surface area (Å²) in [5.74, 6) is -0.855. The van der Waals surface area contributed by atoms with E-state index in [1.165, 1.54) is 18.4 Å². The SMILES string of the molecule is Cc1ccoc1C(=O)NCCCNC(C)c1ccc(F)c(O)c1. The molecule has 0 saturated heterocycles. The van der Waals surface area contributed by atoms with Crippen LogP contribution in [0.2, 0.25) is 0 Å². The second-order valence-electron chi connectivity index (χ2n) is 5.43. The number of aryl methyl sites for hydroxylation is 1. The van der Waals surface area contributed by atoms with Crippen LogP contribution in [0.1, 0.15) is 41.1 Å². The van der Waals surface area contributed by atoms with Crippen LogP contribution < -0.4 is 10.6 Å². The first-order valence-corrected chi connectivity index (χ1v) is 7.53. The molecule has 2 aromatic rings. The minimum Gasteiger partial charge on any atom is -0.505 e. The normalized spacial score (nSPS) is 12.1. The fourth-order valence-corrected chi connectivity index (χ4v) is 2.21. The number of carbonyl (C=O) groups is 1. The third kappa shape index (κ3) is 4.56. The van der Waals surface area contributed by atoms with Crippen molar-refractivity contribution in [2.24, 2.45) is 0 Å². The van der Waals surface area contributed by atoms with Gasteiger partial charge in [0.05, 0.1) is 6.26 Å². The van der Waals surface area contributed by atoms with Crippen molar-refractivity contribution in [1.82, 2.24) is 10.6 Å². The molecule has 1 aromatic carbocycles. The summed E-state index contributed by atoms with van der Waals surface area (Å²) >= 11 is 0. The van der Waals surface area contributed by atoms with E-state index in [9.17, 15) is 14.3 Å². The largest absolute Gasteiger partial charge is 0.505 e. The van der Waals surface area contributed by atoms with Crippen LogP contribution in [0, 0.1) is 12.7 Å². The molecule has 0 aliphatic rings. The number of nitrogens with one attached hydrogen (secondary N) is 2.